The number of benzene rings is 1. The number of rotatable bonds is 4. The number of hydrogen-bond donors (Lipinski definition) is 2. The van der Waals surface area contributed by atoms with Crippen molar-refractivity contribution in [3.8, 4) is 11.6 Å². The predicted molar refractivity (Wildman–Crippen MR) is 72.8 cm³/mol. The van der Waals surface area contributed by atoms with Crippen LogP contribution in [-0.2, 0) is 0 Å². The number of nitro groups is 1. The van der Waals surface area contributed by atoms with Crippen LogP contribution in [-0.4, -0.2) is 14.9 Å². The molecule has 8 nitrogen and oxygen atoms in total. The van der Waals surface area contributed by atoms with Crippen molar-refractivity contribution in [3.63, 3.8) is 0 Å². The maximum atomic E-state index is 11.0. The van der Waals surface area contributed by atoms with Crippen LogP contribution in [0.1, 0.15) is 5.56 Å². The third-order valence-corrected chi connectivity index (χ3v) is 2.62. The first-order valence-corrected chi connectivity index (χ1v) is 5.81. The SMILES string of the molecule is Cc1ccc(Oc2nc(NN)ncc2Cl)c([N+](=O)[O-])c1. The van der Waals surface area contributed by atoms with E-state index in [-0.39, 0.29) is 28.3 Å². The van der Waals surface area contributed by atoms with Crippen LogP contribution in [0.15, 0.2) is 24.4 Å². The smallest absolute Gasteiger partial charge is 0.311 e. The van der Waals surface area contributed by atoms with Gasteiger partial charge in [0.2, 0.25) is 17.6 Å². The number of anilines is 1. The first kappa shape index (κ1) is 14.0. The second-order valence-corrected chi connectivity index (χ2v) is 4.23. The standard InChI is InChI=1S/C11H10ClN5O3/c1-6-2-3-9(8(4-6)17(18)19)20-10-7(12)5-14-11(15-10)16-13/h2-5H,13H2,1H3,(H,14,15,16). The van der Waals surface area contributed by atoms with Crippen molar-refractivity contribution in [2.45, 2.75) is 6.92 Å². The van der Waals surface area contributed by atoms with Gasteiger partial charge in [-0.15, -0.1) is 0 Å². The Bertz CT molecular complexity index is 665. The number of nitro benzene ring substituents is 1. The third-order valence-electron chi connectivity index (χ3n) is 2.36. The van der Waals surface area contributed by atoms with Crippen molar-refractivity contribution in [1.29, 1.82) is 0 Å². The molecule has 0 fully saturated rings. The lowest BCUT2D eigenvalue weighted by atomic mass is 10.2. The van der Waals surface area contributed by atoms with E-state index in [0.29, 0.717) is 0 Å². The van der Waals surface area contributed by atoms with E-state index in [4.69, 9.17) is 22.2 Å². The van der Waals surface area contributed by atoms with Gasteiger partial charge < -0.3 is 4.74 Å². The zero-order valence-electron chi connectivity index (χ0n) is 10.3. The summed E-state index contributed by atoms with van der Waals surface area (Å²) in [6, 6.07) is 4.55. The van der Waals surface area contributed by atoms with Gasteiger partial charge in [0.25, 0.3) is 0 Å². The molecule has 0 aliphatic heterocycles. The molecule has 0 amide bonds. The minimum atomic E-state index is -0.542. The average Bonchev–Trinajstić information content (AvgIpc) is 2.42. The van der Waals surface area contributed by atoms with E-state index >= 15 is 0 Å². The summed E-state index contributed by atoms with van der Waals surface area (Å²) >= 11 is 5.88. The number of aryl methyl sites for hydroxylation is 1. The topological polar surface area (TPSA) is 116 Å². The summed E-state index contributed by atoms with van der Waals surface area (Å²) in [6.45, 7) is 1.74. The summed E-state index contributed by atoms with van der Waals surface area (Å²) in [7, 11) is 0. The van der Waals surface area contributed by atoms with Crippen LogP contribution < -0.4 is 16.0 Å². The van der Waals surface area contributed by atoms with Crippen LogP contribution >= 0.6 is 11.6 Å². The molecule has 0 unspecified atom stereocenters. The largest absolute Gasteiger partial charge is 0.430 e. The normalized spacial score (nSPS) is 10.2. The molecule has 0 spiro atoms. The molecular formula is C11H10ClN5O3. The van der Waals surface area contributed by atoms with Gasteiger partial charge in [-0.2, -0.15) is 4.98 Å². The first-order valence-electron chi connectivity index (χ1n) is 5.43. The fourth-order valence-corrected chi connectivity index (χ4v) is 1.58. The fraction of sp³-hybridized carbons (Fsp3) is 0.0909. The van der Waals surface area contributed by atoms with E-state index in [1.807, 2.05) is 0 Å². The summed E-state index contributed by atoms with van der Waals surface area (Å²) in [5, 5.41) is 11.1. The molecule has 2 aromatic rings. The average molecular weight is 296 g/mol. The third kappa shape index (κ3) is 2.92. The Kier molecular flexibility index (Phi) is 3.97. The number of halogens is 1. The Labute approximate surface area is 118 Å². The van der Waals surface area contributed by atoms with Crippen molar-refractivity contribution in [2.24, 2.45) is 5.84 Å². The van der Waals surface area contributed by atoms with Gasteiger partial charge in [0.1, 0.15) is 5.02 Å². The highest BCUT2D eigenvalue weighted by atomic mass is 35.5. The Morgan fingerprint density at radius 2 is 2.25 bits per heavy atom. The van der Waals surface area contributed by atoms with Crippen molar-refractivity contribution in [1.82, 2.24) is 9.97 Å². The zero-order valence-corrected chi connectivity index (χ0v) is 11.1. The Morgan fingerprint density at radius 3 is 2.90 bits per heavy atom. The monoisotopic (exact) mass is 295 g/mol. The summed E-state index contributed by atoms with van der Waals surface area (Å²) in [5.74, 6) is 5.27. The minimum Gasteiger partial charge on any atom is -0.430 e. The van der Waals surface area contributed by atoms with Crippen LogP contribution in [0, 0.1) is 17.0 Å². The van der Waals surface area contributed by atoms with Gasteiger partial charge in [-0.1, -0.05) is 17.7 Å². The van der Waals surface area contributed by atoms with E-state index < -0.39 is 4.92 Å². The van der Waals surface area contributed by atoms with Gasteiger partial charge >= 0.3 is 5.69 Å². The summed E-state index contributed by atoms with van der Waals surface area (Å²) in [4.78, 5) is 18.1. The fourth-order valence-electron chi connectivity index (χ4n) is 1.45. The van der Waals surface area contributed by atoms with Crippen molar-refractivity contribution in [2.75, 3.05) is 5.43 Å². The Hall–Kier alpha value is -2.45. The molecule has 1 aromatic carbocycles. The van der Waals surface area contributed by atoms with Gasteiger partial charge in [0.05, 0.1) is 11.1 Å². The number of nitrogens with one attached hydrogen (secondary N) is 1. The molecule has 20 heavy (non-hydrogen) atoms. The first-order chi connectivity index (χ1) is 9.51. The maximum Gasteiger partial charge on any atom is 0.311 e. The van der Waals surface area contributed by atoms with Crippen LogP contribution in [0.5, 0.6) is 11.6 Å². The van der Waals surface area contributed by atoms with Crippen molar-refractivity contribution in [3.05, 3.63) is 45.1 Å². The molecule has 1 aromatic heterocycles. The number of nitrogens with zero attached hydrogens (tertiary/aromatic N) is 3. The number of hydrogen-bond acceptors (Lipinski definition) is 7. The second kappa shape index (κ2) is 5.68. The van der Waals surface area contributed by atoms with Gasteiger partial charge in [-0.3, -0.25) is 15.5 Å². The maximum absolute atomic E-state index is 11.0. The second-order valence-electron chi connectivity index (χ2n) is 3.82. The van der Waals surface area contributed by atoms with E-state index in [1.54, 1.807) is 13.0 Å². The van der Waals surface area contributed by atoms with Crippen molar-refractivity contribution < 1.29 is 9.66 Å². The van der Waals surface area contributed by atoms with Crippen LogP contribution in [0.3, 0.4) is 0 Å². The van der Waals surface area contributed by atoms with Crippen LogP contribution in [0.2, 0.25) is 5.02 Å². The van der Waals surface area contributed by atoms with Crippen LogP contribution in [0.25, 0.3) is 0 Å². The number of nitrogens with two attached hydrogens (primary N) is 1. The molecule has 0 aliphatic carbocycles. The lowest BCUT2D eigenvalue weighted by Crippen LogP contribution is -2.10. The van der Waals surface area contributed by atoms with E-state index in [9.17, 15) is 10.1 Å². The van der Waals surface area contributed by atoms with Gasteiger partial charge in [0, 0.05) is 6.07 Å². The van der Waals surface area contributed by atoms with Gasteiger partial charge in [-0.05, 0) is 18.6 Å². The quantitative estimate of drug-likeness (QED) is 0.505. The molecule has 0 aliphatic rings. The highest BCUT2D eigenvalue weighted by molar-refractivity contribution is 6.31. The Morgan fingerprint density at radius 1 is 1.50 bits per heavy atom. The number of hydrazine groups is 1. The van der Waals surface area contributed by atoms with E-state index in [2.05, 4.69) is 15.4 Å². The molecule has 3 N–H and O–H groups in total. The Balaban J connectivity index is 2.42. The summed E-state index contributed by atoms with van der Waals surface area (Å²) in [6.07, 6.45) is 1.28. The number of aromatic nitrogens is 2. The highest BCUT2D eigenvalue weighted by Crippen LogP contribution is 2.34. The van der Waals surface area contributed by atoms with Crippen LogP contribution in [0.4, 0.5) is 11.6 Å². The van der Waals surface area contributed by atoms with E-state index in [1.165, 1.54) is 18.3 Å². The van der Waals surface area contributed by atoms with E-state index in [0.717, 1.165) is 5.56 Å². The molecule has 2 rings (SSSR count). The lowest BCUT2D eigenvalue weighted by molar-refractivity contribution is -0.385. The zero-order chi connectivity index (χ0) is 14.7. The molecule has 0 radical (unpaired) electrons. The highest BCUT2D eigenvalue weighted by Gasteiger charge is 2.18. The molecular weight excluding hydrogens is 286 g/mol. The molecule has 1 heterocycles. The molecule has 0 bridgehead atoms. The van der Waals surface area contributed by atoms with Crippen molar-refractivity contribution >= 4 is 23.2 Å². The summed E-state index contributed by atoms with van der Waals surface area (Å²) in [5.41, 5.74) is 2.79. The number of ether oxygens (including phenoxy) is 1. The lowest BCUT2D eigenvalue weighted by Gasteiger charge is -2.08. The summed E-state index contributed by atoms with van der Waals surface area (Å²) < 4.78 is 5.38. The van der Waals surface area contributed by atoms with Gasteiger partial charge in [0.15, 0.2) is 0 Å². The molecule has 0 saturated carbocycles. The molecule has 9 heteroatoms. The molecule has 0 atom stereocenters. The minimum absolute atomic E-state index is 0.0263. The number of nitrogen functional groups attached to an aromatic ring is 1. The predicted octanol–water partition coefficient (Wildman–Crippen LogP) is 2.42. The van der Waals surface area contributed by atoms with Gasteiger partial charge in [-0.25, -0.2) is 10.8 Å². The molecule has 0 saturated heterocycles. The molecule has 104 valence electrons.